The molecule has 154 valence electrons. The van der Waals surface area contributed by atoms with Crippen molar-refractivity contribution in [2.45, 2.75) is 20.3 Å². The Labute approximate surface area is 175 Å². The predicted octanol–water partition coefficient (Wildman–Crippen LogP) is 3.95. The van der Waals surface area contributed by atoms with Gasteiger partial charge in [-0.2, -0.15) is 5.10 Å². The Kier molecular flexibility index (Phi) is 4.79. The molecule has 30 heavy (non-hydrogen) atoms. The number of hydrogen-bond acceptors (Lipinski definition) is 5. The Morgan fingerprint density at radius 3 is 2.67 bits per heavy atom. The van der Waals surface area contributed by atoms with E-state index < -0.39 is 0 Å². The summed E-state index contributed by atoms with van der Waals surface area (Å²) in [5, 5.41) is 5.46. The van der Waals surface area contributed by atoms with Crippen LogP contribution in [0, 0.1) is 6.92 Å². The minimum atomic E-state index is -0.354. The molecule has 1 fully saturated rings. The number of aromatic nitrogens is 2. The summed E-state index contributed by atoms with van der Waals surface area (Å²) in [6, 6.07) is 14.0. The lowest BCUT2D eigenvalue weighted by Crippen LogP contribution is -2.46. The molecule has 0 N–H and O–H groups in total. The third-order valence-electron chi connectivity index (χ3n) is 5.89. The van der Waals surface area contributed by atoms with Gasteiger partial charge in [0.25, 0.3) is 0 Å². The minimum absolute atomic E-state index is 0.354. The topological polar surface area (TPSA) is 54.0 Å². The lowest BCUT2D eigenvalue weighted by Gasteiger charge is -2.36. The van der Waals surface area contributed by atoms with Crippen LogP contribution in [0.1, 0.15) is 18.9 Å². The van der Waals surface area contributed by atoms with Crippen LogP contribution in [-0.2, 0) is 0 Å². The van der Waals surface area contributed by atoms with E-state index in [-0.39, 0.29) is 5.63 Å². The SMILES string of the molecule is CCCN1CCN(c2ccc3cc(-c4cc5cc(C)ccn5n4)c(=O)oc3c2)CC1. The molecular weight excluding hydrogens is 376 g/mol. The Balaban J connectivity index is 1.46. The Hall–Kier alpha value is -3.12. The van der Waals surface area contributed by atoms with Gasteiger partial charge in [-0.15, -0.1) is 0 Å². The van der Waals surface area contributed by atoms with Gasteiger partial charge >= 0.3 is 5.63 Å². The van der Waals surface area contributed by atoms with Crippen LogP contribution in [0.4, 0.5) is 5.69 Å². The summed E-state index contributed by atoms with van der Waals surface area (Å²) < 4.78 is 7.50. The molecular formula is C24H26N4O2. The molecule has 5 rings (SSSR count). The van der Waals surface area contributed by atoms with Crippen molar-refractivity contribution >= 4 is 22.2 Å². The van der Waals surface area contributed by atoms with Crippen molar-refractivity contribution in [3.8, 4) is 11.3 Å². The number of piperazine rings is 1. The lowest BCUT2D eigenvalue weighted by molar-refractivity contribution is 0.258. The Bertz CT molecular complexity index is 1270. The van der Waals surface area contributed by atoms with E-state index >= 15 is 0 Å². The fourth-order valence-corrected chi connectivity index (χ4v) is 4.26. The second-order valence-electron chi connectivity index (χ2n) is 8.10. The van der Waals surface area contributed by atoms with Gasteiger partial charge < -0.3 is 9.32 Å². The minimum Gasteiger partial charge on any atom is -0.422 e. The van der Waals surface area contributed by atoms with E-state index in [1.54, 1.807) is 4.52 Å². The molecule has 0 bridgehead atoms. The highest BCUT2D eigenvalue weighted by molar-refractivity contribution is 5.84. The zero-order valence-electron chi connectivity index (χ0n) is 17.5. The number of aryl methyl sites for hydroxylation is 1. The molecule has 0 atom stereocenters. The van der Waals surface area contributed by atoms with E-state index in [4.69, 9.17) is 4.42 Å². The quantitative estimate of drug-likeness (QED) is 0.484. The van der Waals surface area contributed by atoms with Gasteiger partial charge in [0.05, 0.1) is 11.1 Å². The summed E-state index contributed by atoms with van der Waals surface area (Å²) in [5.74, 6) is 0. The first-order valence-electron chi connectivity index (χ1n) is 10.6. The zero-order valence-corrected chi connectivity index (χ0v) is 17.5. The van der Waals surface area contributed by atoms with Crippen molar-refractivity contribution in [1.82, 2.24) is 14.5 Å². The standard InChI is InChI=1S/C24H26N4O2/c1-3-7-26-9-11-27(12-10-26)19-5-4-18-14-21(24(29)30-23(18)16-19)22-15-20-13-17(2)6-8-28(20)25-22/h4-6,8,13-16H,3,7,9-12H2,1-2H3. The number of fused-ring (bicyclic) bond motifs is 2. The van der Waals surface area contributed by atoms with Gasteiger partial charge in [-0.3, -0.25) is 4.90 Å². The highest BCUT2D eigenvalue weighted by Gasteiger charge is 2.18. The normalized spacial score (nSPS) is 15.3. The molecule has 0 saturated carbocycles. The molecule has 1 saturated heterocycles. The van der Waals surface area contributed by atoms with Crippen molar-refractivity contribution in [3.05, 3.63) is 64.6 Å². The number of hydrogen-bond donors (Lipinski definition) is 0. The average molecular weight is 402 g/mol. The van der Waals surface area contributed by atoms with E-state index in [1.807, 2.05) is 49.5 Å². The van der Waals surface area contributed by atoms with E-state index in [9.17, 15) is 4.79 Å². The largest absolute Gasteiger partial charge is 0.422 e. The van der Waals surface area contributed by atoms with Crippen LogP contribution in [0.5, 0.6) is 0 Å². The third kappa shape index (κ3) is 3.48. The first-order valence-corrected chi connectivity index (χ1v) is 10.6. The fourth-order valence-electron chi connectivity index (χ4n) is 4.26. The average Bonchev–Trinajstić information content (AvgIpc) is 3.16. The van der Waals surface area contributed by atoms with Gasteiger partial charge in [-0.05, 0) is 61.9 Å². The molecule has 4 heterocycles. The Morgan fingerprint density at radius 1 is 1.03 bits per heavy atom. The van der Waals surface area contributed by atoms with Crippen LogP contribution < -0.4 is 10.5 Å². The summed E-state index contributed by atoms with van der Waals surface area (Å²) in [4.78, 5) is 17.6. The molecule has 6 heteroatoms. The van der Waals surface area contributed by atoms with E-state index in [2.05, 4.69) is 27.9 Å². The van der Waals surface area contributed by atoms with Crippen molar-refractivity contribution < 1.29 is 4.42 Å². The maximum atomic E-state index is 12.7. The first-order chi connectivity index (χ1) is 14.6. The van der Waals surface area contributed by atoms with Crippen LogP contribution in [-0.4, -0.2) is 47.2 Å². The predicted molar refractivity (Wildman–Crippen MR) is 120 cm³/mol. The summed E-state index contributed by atoms with van der Waals surface area (Å²) in [5.41, 5.74) is 4.61. The summed E-state index contributed by atoms with van der Waals surface area (Å²) in [7, 11) is 0. The molecule has 1 aliphatic rings. The van der Waals surface area contributed by atoms with E-state index in [1.165, 1.54) is 6.42 Å². The molecule has 6 nitrogen and oxygen atoms in total. The van der Waals surface area contributed by atoms with Gasteiger partial charge in [0.15, 0.2) is 0 Å². The first kappa shape index (κ1) is 18.9. The fraction of sp³-hybridized carbons (Fsp3) is 0.333. The molecule has 0 unspecified atom stereocenters. The van der Waals surface area contributed by atoms with Gasteiger partial charge in [0.2, 0.25) is 0 Å². The maximum absolute atomic E-state index is 12.7. The molecule has 1 aliphatic heterocycles. The van der Waals surface area contributed by atoms with Gasteiger partial charge in [-0.1, -0.05) is 6.92 Å². The molecule has 0 aliphatic carbocycles. The molecule has 0 radical (unpaired) electrons. The van der Waals surface area contributed by atoms with Crippen molar-refractivity contribution in [2.24, 2.45) is 0 Å². The van der Waals surface area contributed by atoms with Crippen molar-refractivity contribution in [2.75, 3.05) is 37.6 Å². The number of benzene rings is 1. The number of rotatable bonds is 4. The number of anilines is 1. The highest BCUT2D eigenvalue weighted by atomic mass is 16.4. The number of pyridine rings is 1. The van der Waals surface area contributed by atoms with Crippen LogP contribution in [0.15, 0.2) is 57.9 Å². The second kappa shape index (κ2) is 7.61. The van der Waals surface area contributed by atoms with E-state index in [0.717, 1.165) is 54.9 Å². The van der Waals surface area contributed by atoms with Crippen LogP contribution >= 0.6 is 0 Å². The molecule has 1 aromatic carbocycles. The van der Waals surface area contributed by atoms with Gasteiger partial charge in [0, 0.05) is 49.5 Å². The summed E-state index contributed by atoms with van der Waals surface area (Å²) in [6.45, 7) is 9.55. The van der Waals surface area contributed by atoms with Crippen molar-refractivity contribution in [3.63, 3.8) is 0 Å². The molecule has 3 aromatic heterocycles. The molecule has 0 amide bonds. The van der Waals surface area contributed by atoms with Gasteiger partial charge in [-0.25, -0.2) is 9.31 Å². The highest BCUT2D eigenvalue weighted by Crippen LogP contribution is 2.26. The molecule has 4 aromatic rings. The Morgan fingerprint density at radius 2 is 1.87 bits per heavy atom. The zero-order chi connectivity index (χ0) is 20.7. The van der Waals surface area contributed by atoms with E-state index in [0.29, 0.717) is 16.8 Å². The van der Waals surface area contributed by atoms with Crippen molar-refractivity contribution in [1.29, 1.82) is 0 Å². The summed E-state index contributed by atoms with van der Waals surface area (Å²) >= 11 is 0. The van der Waals surface area contributed by atoms with Crippen LogP contribution in [0.3, 0.4) is 0 Å². The lowest BCUT2D eigenvalue weighted by atomic mass is 10.1. The monoisotopic (exact) mass is 402 g/mol. The smallest absolute Gasteiger partial charge is 0.345 e. The van der Waals surface area contributed by atoms with Gasteiger partial charge in [0.1, 0.15) is 11.3 Å². The number of nitrogens with zero attached hydrogens (tertiary/aromatic N) is 4. The molecule has 0 spiro atoms. The second-order valence-corrected chi connectivity index (χ2v) is 8.10. The van der Waals surface area contributed by atoms with Crippen LogP contribution in [0.25, 0.3) is 27.7 Å². The van der Waals surface area contributed by atoms with Crippen LogP contribution in [0.2, 0.25) is 0 Å². The maximum Gasteiger partial charge on any atom is 0.345 e. The summed E-state index contributed by atoms with van der Waals surface area (Å²) in [6.07, 6.45) is 3.10. The third-order valence-corrected chi connectivity index (χ3v) is 5.89.